The first-order chi connectivity index (χ1) is 9.20. The van der Waals surface area contributed by atoms with Crippen LogP contribution in [0.3, 0.4) is 0 Å². The van der Waals surface area contributed by atoms with Crippen LogP contribution < -0.4 is 10.2 Å². The van der Waals surface area contributed by atoms with E-state index in [2.05, 4.69) is 10.2 Å². The van der Waals surface area contributed by atoms with Gasteiger partial charge in [-0.05, 0) is 30.5 Å². The van der Waals surface area contributed by atoms with Crippen molar-refractivity contribution in [2.45, 2.75) is 25.5 Å². The minimum absolute atomic E-state index is 0.00784. The van der Waals surface area contributed by atoms with Crippen molar-refractivity contribution in [2.24, 2.45) is 5.92 Å². The highest BCUT2D eigenvalue weighted by molar-refractivity contribution is 6.33. The van der Waals surface area contributed by atoms with Crippen molar-refractivity contribution in [3.63, 3.8) is 0 Å². The molecular weight excluding hydrogens is 264 g/mol. The van der Waals surface area contributed by atoms with Crippen molar-refractivity contribution in [1.82, 2.24) is 5.32 Å². The molecule has 2 fully saturated rings. The molecular formula is C14H17ClN2O2. The van der Waals surface area contributed by atoms with Gasteiger partial charge in [0.2, 0.25) is 5.91 Å². The number of nitrogens with one attached hydrogen (secondary N) is 1. The number of fused-ring (bicyclic) bond motifs is 1. The largest absolute Gasteiger partial charge is 0.392 e. The number of aliphatic hydroxyl groups excluding tert-OH is 1. The van der Waals surface area contributed by atoms with Crippen LogP contribution in [0.15, 0.2) is 18.2 Å². The maximum Gasteiger partial charge on any atom is 0.225 e. The van der Waals surface area contributed by atoms with Crippen LogP contribution in [0.4, 0.5) is 5.69 Å². The van der Waals surface area contributed by atoms with E-state index in [9.17, 15) is 4.79 Å². The summed E-state index contributed by atoms with van der Waals surface area (Å²) in [6, 6.07) is 5.83. The molecule has 2 atom stereocenters. The minimum Gasteiger partial charge on any atom is -0.392 e. The Labute approximate surface area is 117 Å². The normalized spacial score (nSPS) is 26.2. The number of carbonyl (C=O) groups is 1. The fraction of sp³-hybridized carbons (Fsp3) is 0.500. The lowest BCUT2D eigenvalue weighted by molar-refractivity contribution is -0.122. The van der Waals surface area contributed by atoms with Gasteiger partial charge in [-0.15, -0.1) is 0 Å². The highest BCUT2D eigenvalue weighted by Gasteiger charge is 2.41. The van der Waals surface area contributed by atoms with Crippen LogP contribution in [-0.4, -0.2) is 30.1 Å². The molecule has 0 aromatic heterocycles. The maximum atomic E-state index is 11.8. The van der Waals surface area contributed by atoms with Crippen LogP contribution in [0.5, 0.6) is 0 Å². The zero-order valence-electron chi connectivity index (χ0n) is 10.6. The Kier molecular flexibility index (Phi) is 3.37. The van der Waals surface area contributed by atoms with E-state index in [1.165, 1.54) is 0 Å². The number of anilines is 1. The second-order valence-electron chi connectivity index (χ2n) is 5.20. The Bertz CT molecular complexity index is 506. The van der Waals surface area contributed by atoms with Gasteiger partial charge in [-0.25, -0.2) is 0 Å². The average molecular weight is 281 g/mol. The van der Waals surface area contributed by atoms with Crippen LogP contribution in [0.1, 0.15) is 18.4 Å². The van der Waals surface area contributed by atoms with Crippen molar-refractivity contribution < 1.29 is 9.90 Å². The van der Waals surface area contributed by atoms with Gasteiger partial charge in [-0.3, -0.25) is 4.79 Å². The van der Waals surface area contributed by atoms with Crippen LogP contribution in [0, 0.1) is 5.92 Å². The fourth-order valence-electron chi connectivity index (χ4n) is 3.13. The first-order valence-corrected chi connectivity index (χ1v) is 7.02. The summed E-state index contributed by atoms with van der Waals surface area (Å²) in [5.74, 6) is 0.250. The summed E-state index contributed by atoms with van der Waals surface area (Å²) in [5.41, 5.74) is 1.77. The van der Waals surface area contributed by atoms with Gasteiger partial charge in [0.25, 0.3) is 0 Å². The van der Waals surface area contributed by atoms with E-state index in [0.717, 1.165) is 30.6 Å². The molecule has 1 aromatic rings. The summed E-state index contributed by atoms with van der Waals surface area (Å²) >= 11 is 6.31. The van der Waals surface area contributed by atoms with Gasteiger partial charge in [-0.1, -0.05) is 17.7 Å². The number of hydrogen-bond donors (Lipinski definition) is 2. The van der Waals surface area contributed by atoms with Crippen molar-refractivity contribution >= 4 is 23.2 Å². The number of aliphatic hydroxyl groups is 1. The van der Waals surface area contributed by atoms with Gasteiger partial charge < -0.3 is 15.3 Å². The van der Waals surface area contributed by atoms with E-state index in [4.69, 9.17) is 16.7 Å². The summed E-state index contributed by atoms with van der Waals surface area (Å²) in [6.07, 6.45) is 1.96. The number of hydrogen-bond acceptors (Lipinski definition) is 3. The first-order valence-electron chi connectivity index (χ1n) is 6.64. The quantitative estimate of drug-likeness (QED) is 0.864. The summed E-state index contributed by atoms with van der Waals surface area (Å²) < 4.78 is 0. The van der Waals surface area contributed by atoms with Gasteiger partial charge in [0.05, 0.1) is 29.3 Å². The van der Waals surface area contributed by atoms with Gasteiger partial charge in [0.15, 0.2) is 0 Å². The van der Waals surface area contributed by atoms with Crippen LogP contribution in [0.25, 0.3) is 0 Å². The Hall–Kier alpha value is -1.26. The van der Waals surface area contributed by atoms with Gasteiger partial charge in [0.1, 0.15) is 0 Å². The molecule has 0 spiro atoms. The van der Waals surface area contributed by atoms with E-state index in [1.807, 2.05) is 12.1 Å². The Morgan fingerprint density at radius 2 is 2.32 bits per heavy atom. The summed E-state index contributed by atoms with van der Waals surface area (Å²) in [6.45, 7) is 1.61. The fourth-order valence-corrected chi connectivity index (χ4v) is 3.44. The summed E-state index contributed by atoms with van der Waals surface area (Å²) in [7, 11) is 0. The molecule has 5 heteroatoms. The number of piperidine rings is 1. The van der Waals surface area contributed by atoms with E-state index in [0.29, 0.717) is 11.6 Å². The van der Waals surface area contributed by atoms with E-state index in [1.54, 1.807) is 6.07 Å². The van der Waals surface area contributed by atoms with Crippen LogP contribution in [-0.2, 0) is 11.4 Å². The van der Waals surface area contributed by atoms with Gasteiger partial charge in [-0.2, -0.15) is 0 Å². The zero-order chi connectivity index (χ0) is 13.4. The standard InChI is InChI=1S/C14H17ClN2O2/c15-11-6-9(8-18)3-4-12(11)17-5-1-2-10-13(17)7-16-14(10)19/h3-4,6,10,13,18H,1-2,5,7-8H2,(H,16,19). The predicted molar refractivity (Wildman–Crippen MR) is 74.2 cm³/mol. The summed E-state index contributed by atoms with van der Waals surface area (Å²) in [5, 5.41) is 12.7. The van der Waals surface area contributed by atoms with Gasteiger partial charge in [0, 0.05) is 13.1 Å². The Balaban J connectivity index is 1.91. The van der Waals surface area contributed by atoms with E-state index >= 15 is 0 Å². The van der Waals surface area contributed by atoms with Crippen molar-refractivity contribution in [3.05, 3.63) is 28.8 Å². The number of amides is 1. The molecule has 0 aliphatic carbocycles. The SMILES string of the molecule is O=C1NCC2C1CCCN2c1ccc(CO)cc1Cl. The third-order valence-electron chi connectivity index (χ3n) is 4.11. The molecule has 4 nitrogen and oxygen atoms in total. The molecule has 1 amide bonds. The van der Waals surface area contributed by atoms with E-state index < -0.39 is 0 Å². The monoisotopic (exact) mass is 280 g/mol. The number of carbonyl (C=O) groups excluding carboxylic acids is 1. The predicted octanol–water partition coefficient (Wildman–Crippen LogP) is 1.55. The summed E-state index contributed by atoms with van der Waals surface area (Å²) in [4.78, 5) is 14.0. The van der Waals surface area contributed by atoms with Gasteiger partial charge >= 0.3 is 0 Å². The highest BCUT2D eigenvalue weighted by Crippen LogP contribution is 2.35. The second-order valence-corrected chi connectivity index (χ2v) is 5.61. The number of rotatable bonds is 2. The first kappa shape index (κ1) is 12.8. The lowest BCUT2D eigenvalue weighted by Crippen LogP contribution is -2.45. The molecule has 0 radical (unpaired) electrons. The molecule has 2 N–H and O–H groups in total. The minimum atomic E-state index is -0.00784. The second kappa shape index (κ2) is 5.02. The smallest absolute Gasteiger partial charge is 0.225 e. The molecule has 0 bridgehead atoms. The van der Waals surface area contributed by atoms with Crippen molar-refractivity contribution in [2.75, 3.05) is 18.0 Å². The number of nitrogens with zero attached hydrogens (tertiary/aromatic N) is 1. The van der Waals surface area contributed by atoms with Crippen molar-refractivity contribution in [3.8, 4) is 0 Å². The Morgan fingerprint density at radius 1 is 1.47 bits per heavy atom. The van der Waals surface area contributed by atoms with Crippen molar-refractivity contribution in [1.29, 1.82) is 0 Å². The highest BCUT2D eigenvalue weighted by atomic mass is 35.5. The number of benzene rings is 1. The average Bonchev–Trinajstić information content (AvgIpc) is 2.81. The molecule has 2 saturated heterocycles. The maximum absolute atomic E-state index is 11.8. The molecule has 19 heavy (non-hydrogen) atoms. The third-order valence-corrected chi connectivity index (χ3v) is 4.41. The molecule has 0 saturated carbocycles. The molecule has 1 aromatic carbocycles. The molecule has 2 aliphatic rings. The lowest BCUT2D eigenvalue weighted by atomic mass is 9.91. The Morgan fingerprint density at radius 3 is 3.05 bits per heavy atom. The molecule has 2 aliphatic heterocycles. The third kappa shape index (κ3) is 2.19. The molecule has 2 unspecified atom stereocenters. The topological polar surface area (TPSA) is 52.6 Å². The molecule has 3 rings (SSSR count). The molecule has 2 heterocycles. The molecule has 102 valence electrons. The lowest BCUT2D eigenvalue weighted by Gasteiger charge is -2.38. The van der Waals surface area contributed by atoms with Crippen LogP contribution in [0.2, 0.25) is 5.02 Å². The zero-order valence-corrected chi connectivity index (χ0v) is 11.4. The van der Waals surface area contributed by atoms with Crippen LogP contribution >= 0.6 is 11.6 Å². The van der Waals surface area contributed by atoms with E-state index in [-0.39, 0.29) is 24.5 Å². The number of halogens is 1.